The topological polar surface area (TPSA) is 82.9 Å². The second-order valence-electron chi connectivity index (χ2n) is 6.61. The quantitative estimate of drug-likeness (QED) is 0.668. The van der Waals surface area contributed by atoms with Crippen molar-refractivity contribution in [2.45, 2.75) is 19.8 Å². The van der Waals surface area contributed by atoms with E-state index in [4.69, 9.17) is 4.42 Å². The molecule has 1 N–H and O–H groups in total. The van der Waals surface area contributed by atoms with E-state index in [0.29, 0.717) is 11.4 Å². The van der Waals surface area contributed by atoms with E-state index >= 15 is 0 Å². The molecule has 2 saturated heterocycles. The number of carbonyl (C=O) groups is 3. The molecule has 2 aromatic rings. The van der Waals surface area contributed by atoms with Crippen molar-refractivity contribution in [2.24, 2.45) is 0 Å². The van der Waals surface area contributed by atoms with Gasteiger partial charge in [0.1, 0.15) is 11.3 Å². The molecular weight excluding hydrogens is 346 g/mol. The minimum Gasteiger partial charge on any atom is -0.441 e. The number of barbiturate groups is 1. The van der Waals surface area contributed by atoms with Crippen LogP contribution in [0, 0.1) is 6.92 Å². The number of nitrogens with one attached hydrogen (secondary N) is 1. The van der Waals surface area contributed by atoms with Gasteiger partial charge in [-0.05, 0) is 43.5 Å². The van der Waals surface area contributed by atoms with Crippen LogP contribution in [0.25, 0.3) is 6.08 Å². The molecule has 0 unspecified atom stereocenters. The first kappa shape index (κ1) is 17.1. The number of amides is 4. The molecule has 2 aliphatic rings. The molecule has 7 nitrogen and oxygen atoms in total. The molecule has 0 aliphatic carbocycles. The van der Waals surface area contributed by atoms with E-state index in [2.05, 4.69) is 10.2 Å². The lowest BCUT2D eigenvalue weighted by Crippen LogP contribution is -2.54. The van der Waals surface area contributed by atoms with Crippen molar-refractivity contribution in [1.29, 1.82) is 0 Å². The molecule has 0 radical (unpaired) electrons. The molecule has 4 rings (SSSR count). The van der Waals surface area contributed by atoms with Crippen LogP contribution in [0.1, 0.15) is 24.2 Å². The monoisotopic (exact) mass is 365 g/mol. The number of furan rings is 1. The van der Waals surface area contributed by atoms with Crippen LogP contribution in [0.2, 0.25) is 0 Å². The summed E-state index contributed by atoms with van der Waals surface area (Å²) in [5.41, 5.74) is 1.06. The third-order valence-corrected chi connectivity index (χ3v) is 4.77. The number of imide groups is 2. The Labute approximate surface area is 156 Å². The highest BCUT2D eigenvalue weighted by Crippen LogP contribution is 2.27. The van der Waals surface area contributed by atoms with Crippen LogP contribution in [0.15, 0.2) is 46.4 Å². The highest BCUT2D eigenvalue weighted by atomic mass is 16.4. The number of anilines is 2. The van der Waals surface area contributed by atoms with Gasteiger partial charge in [0.05, 0.1) is 5.69 Å². The summed E-state index contributed by atoms with van der Waals surface area (Å²) in [7, 11) is 0. The van der Waals surface area contributed by atoms with Crippen molar-refractivity contribution in [2.75, 3.05) is 22.9 Å². The largest absolute Gasteiger partial charge is 0.441 e. The van der Waals surface area contributed by atoms with Gasteiger partial charge in [0.25, 0.3) is 11.8 Å². The molecule has 0 spiro atoms. The van der Waals surface area contributed by atoms with E-state index in [1.54, 1.807) is 31.2 Å². The number of aryl methyl sites for hydroxylation is 1. The second-order valence-corrected chi connectivity index (χ2v) is 6.61. The predicted molar refractivity (Wildman–Crippen MR) is 100 cm³/mol. The van der Waals surface area contributed by atoms with Gasteiger partial charge >= 0.3 is 6.03 Å². The lowest BCUT2D eigenvalue weighted by molar-refractivity contribution is -0.122. The molecule has 3 heterocycles. The van der Waals surface area contributed by atoms with Crippen LogP contribution < -0.4 is 15.1 Å². The van der Waals surface area contributed by atoms with E-state index in [-0.39, 0.29) is 5.57 Å². The predicted octanol–water partition coefficient (Wildman–Crippen LogP) is 2.85. The maximum Gasteiger partial charge on any atom is 0.335 e. The number of para-hydroxylation sites is 1. The number of hydrogen-bond donors (Lipinski definition) is 1. The average molecular weight is 365 g/mol. The molecule has 1 aromatic carbocycles. The van der Waals surface area contributed by atoms with Crippen molar-refractivity contribution in [3.8, 4) is 0 Å². The van der Waals surface area contributed by atoms with E-state index in [9.17, 15) is 14.4 Å². The van der Waals surface area contributed by atoms with Gasteiger partial charge in [0.2, 0.25) is 0 Å². The maximum atomic E-state index is 12.9. The molecule has 0 saturated carbocycles. The highest BCUT2D eigenvalue weighted by Gasteiger charge is 2.37. The number of rotatable bonds is 3. The van der Waals surface area contributed by atoms with Crippen LogP contribution in [-0.4, -0.2) is 30.9 Å². The van der Waals surface area contributed by atoms with Gasteiger partial charge in [0, 0.05) is 19.2 Å². The first-order chi connectivity index (χ1) is 13.0. The van der Waals surface area contributed by atoms with Gasteiger partial charge in [-0.2, -0.15) is 0 Å². The van der Waals surface area contributed by atoms with Crippen molar-refractivity contribution in [1.82, 2.24) is 5.32 Å². The maximum absolute atomic E-state index is 12.9. The van der Waals surface area contributed by atoms with E-state index in [0.717, 1.165) is 42.3 Å². The summed E-state index contributed by atoms with van der Waals surface area (Å²) < 4.78 is 5.77. The second kappa shape index (κ2) is 6.75. The zero-order valence-corrected chi connectivity index (χ0v) is 14.9. The Hall–Kier alpha value is -3.35. The minimum absolute atomic E-state index is 0.139. The van der Waals surface area contributed by atoms with Gasteiger partial charge in [0.15, 0.2) is 5.88 Å². The smallest absolute Gasteiger partial charge is 0.335 e. The fourth-order valence-corrected chi connectivity index (χ4v) is 3.36. The highest BCUT2D eigenvalue weighted by molar-refractivity contribution is 6.39. The van der Waals surface area contributed by atoms with Gasteiger partial charge in [-0.1, -0.05) is 18.2 Å². The molecule has 0 bridgehead atoms. The van der Waals surface area contributed by atoms with Crippen molar-refractivity contribution < 1.29 is 18.8 Å². The fourth-order valence-electron chi connectivity index (χ4n) is 3.36. The first-order valence-corrected chi connectivity index (χ1v) is 8.86. The third-order valence-electron chi connectivity index (χ3n) is 4.77. The van der Waals surface area contributed by atoms with Crippen LogP contribution >= 0.6 is 0 Å². The van der Waals surface area contributed by atoms with Crippen molar-refractivity contribution >= 4 is 35.5 Å². The van der Waals surface area contributed by atoms with Crippen LogP contribution in [0.3, 0.4) is 0 Å². The zero-order chi connectivity index (χ0) is 19.0. The molecule has 0 atom stereocenters. The summed E-state index contributed by atoms with van der Waals surface area (Å²) in [6.07, 6.45) is 3.62. The number of carbonyl (C=O) groups excluding carboxylic acids is 3. The van der Waals surface area contributed by atoms with Crippen molar-refractivity contribution in [3.05, 3.63) is 53.3 Å². The Morgan fingerprint density at radius 3 is 2.52 bits per heavy atom. The number of benzene rings is 1. The number of urea groups is 1. The Bertz CT molecular complexity index is 954. The minimum atomic E-state index is -0.756. The summed E-state index contributed by atoms with van der Waals surface area (Å²) in [4.78, 5) is 40.5. The summed E-state index contributed by atoms with van der Waals surface area (Å²) in [5.74, 6) is -0.282. The van der Waals surface area contributed by atoms with Crippen LogP contribution in [-0.2, 0) is 9.59 Å². The molecule has 27 heavy (non-hydrogen) atoms. The normalized spacial score (nSPS) is 19.1. The Morgan fingerprint density at radius 2 is 1.78 bits per heavy atom. The lowest BCUT2D eigenvalue weighted by Gasteiger charge is -2.27. The molecule has 1 aromatic heterocycles. The van der Waals surface area contributed by atoms with E-state index < -0.39 is 17.8 Å². The van der Waals surface area contributed by atoms with Gasteiger partial charge in [-0.3, -0.25) is 14.9 Å². The summed E-state index contributed by atoms with van der Waals surface area (Å²) in [6.45, 7) is 3.65. The van der Waals surface area contributed by atoms with Crippen LogP contribution in [0.5, 0.6) is 0 Å². The molecule has 2 aliphatic heterocycles. The number of nitrogens with zero attached hydrogens (tertiary/aromatic N) is 2. The first-order valence-electron chi connectivity index (χ1n) is 8.86. The molecular formula is C20H19N3O4. The standard InChI is InChI=1S/C20H19N3O4/c1-13-6-2-3-7-16(13)23-19(25)15(18(24)21-20(23)26)12-14-8-9-17(27-14)22-10-4-5-11-22/h2-3,6-9,12H,4-5,10-11H2,1H3,(H,21,24,26)/b15-12-. The molecule has 138 valence electrons. The van der Waals surface area contributed by atoms with E-state index in [1.807, 2.05) is 12.1 Å². The SMILES string of the molecule is Cc1ccccc1N1C(=O)NC(=O)/C(=C/c2ccc(N3CCCC3)o2)C1=O. The van der Waals surface area contributed by atoms with E-state index in [1.165, 1.54) is 6.08 Å². The summed E-state index contributed by atoms with van der Waals surface area (Å²) in [5, 5.41) is 2.22. The van der Waals surface area contributed by atoms with Gasteiger partial charge < -0.3 is 9.32 Å². The molecule has 7 heteroatoms. The summed E-state index contributed by atoms with van der Waals surface area (Å²) >= 11 is 0. The summed E-state index contributed by atoms with van der Waals surface area (Å²) in [6, 6.07) is 9.80. The van der Waals surface area contributed by atoms with Crippen molar-refractivity contribution in [3.63, 3.8) is 0 Å². The Balaban J connectivity index is 1.66. The van der Waals surface area contributed by atoms with Gasteiger partial charge in [-0.25, -0.2) is 9.69 Å². The Kier molecular flexibility index (Phi) is 4.27. The average Bonchev–Trinajstić information content (AvgIpc) is 3.31. The van der Waals surface area contributed by atoms with Crippen LogP contribution in [0.4, 0.5) is 16.4 Å². The Morgan fingerprint density at radius 1 is 1.04 bits per heavy atom. The molecule has 2 fully saturated rings. The zero-order valence-electron chi connectivity index (χ0n) is 14.9. The third kappa shape index (κ3) is 3.12. The lowest BCUT2D eigenvalue weighted by atomic mass is 10.1. The van der Waals surface area contributed by atoms with Gasteiger partial charge in [-0.15, -0.1) is 0 Å². The number of hydrogen-bond acceptors (Lipinski definition) is 5. The molecule has 4 amide bonds. The fraction of sp³-hybridized carbons (Fsp3) is 0.250.